The van der Waals surface area contributed by atoms with E-state index >= 15 is 0 Å². The molecule has 0 aliphatic carbocycles. The Bertz CT molecular complexity index is 916. The van der Waals surface area contributed by atoms with E-state index in [0.29, 0.717) is 0 Å². The molecular formula is C19H17FN2O5. The number of carbonyl (C=O) groups is 2. The van der Waals surface area contributed by atoms with Crippen LogP contribution in [-0.2, 0) is 4.79 Å². The fourth-order valence-electron chi connectivity index (χ4n) is 3.57. The highest BCUT2D eigenvalue weighted by atomic mass is 19.1. The summed E-state index contributed by atoms with van der Waals surface area (Å²) in [5.41, 5.74) is -0.0196. The average Bonchev–Trinajstić information content (AvgIpc) is 3.06. The molecule has 8 heteroatoms. The Kier molecular flexibility index (Phi) is 4.89. The number of hydrogen-bond acceptors (Lipinski definition) is 4. The van der Waals surface area contributed by atoms with Crippen molar-refractivity contribution in [3.8, 4) is 0 Å². The number of rotatable bonds is 4. The lowest BCUT2D eigenvalue weighted by molar-refractivity contribution is -0.385. The summed E-state index contributed by atoms with van der Waals surface area (Å²) in [6, 6.07) is 10.7. The number of amides is 1. The number of nitro benzene ring substituents is 1. The Morgan fingerprint density at radius 1 is 1.22 bits per heavy atom. The van der Waals surface area contributed by atoms with E-state index in [1.165, 1.54) is 11.8 Å². The first kappa shape index (κ1) is 18.5. The number of nitro groups is 1. The van der Waals surface area contributed by atoms with Gasteiger partial charge >= 0.3 is 5.97 Å². The number of benzene rings is 2. The van der Waals surface area contributed by atoms with Gasteiger partial charge in [-0.3, -0.25) is 19.7 Å². The quantitative estimate of drug-likeness (QED) is 0.657. The number of carboxylic acid groups (broad SMARTS) is 1. The Morgan fingerprint density at radius 2 is 1.89 bits per heavy atom. The van der Waals surface area contributed by atoms with Gasteiger partial charge in [0.1, 0.15) is 11.4 Å². The first-order valence-electron chi connectivity index (χ1n) is 8.31. The molecular weight excluding hydrogens is 355 g/mol. The van der Waals surface area contributed by atoms with Gasteiger partial charge in [0.25, 0.3) is 11.6 Å². The molecule has 0 saturated carbocycles. The largest absolute Gasteiger partial charge is 0.481 e. The van der Waals surface area contributed by atoms with Crippen LogP contribution in [-0.4, -0.2) is 39.9 Å². The fraction of sp³-hybridized carbons (Fsp3) is 0.263. The molecule has 0 radical (unpaired) electrons. The van der Waals surface area contributed by atoms with E-state index in [2.05, 4.69) is 0 Å². The van der Waals surface area contributed by atoms with E-state index in [9.17, 15) is 29.2 Å². The van der Waals surface area contributed by atoms with Crippen LogP contribution in [0.2, 0.25) is 0 Å². The summed E-state index contributed by atoms with van der Waals surface area (Å²) >= 11 is 0. The number of nitrogens with zero attached hydrogens (tertiary/aromatic N) is 2. The van der Waals surface area contributed by atoms with Crippen LogP contribution in [0.5, 0.6) is 0 Å². The van der Waals surface area contributed by atoms with Gasteiger partial charge in [0.2, 0.25) is 0 Å². The zero-order chi connectivity index (χ0) is 19.7. The molecule has 0 spiro atoms. The van der Waals surface area contributed by atoms with Crippen LogP contribution in [0, 0.1) is 28.8 Å². The number of carbonyl (C=O) groups excluding carboxylic acids is 1. The minimum absolute atomic E-state index is 0.0388. The van der Waals surface area contributed by atoms with Crippen LogP contribution >= 0.6 is 0 Å². The first-order chi connectivity index (χ1) is 12.8. The minimum atomic E-state index is -1.05. The standard InChI is InChI=1S/C19H17FN2O5/c1-11-7-13(20)8-14(17(11)22(26)27)18(23)21-9-15(16(10-21)19(24)25)12-5-3-2-4-6-12/h2-8,15-16H,9-10H2,1H3,(H,24,25). The highest BCUT2D eigenvalue weighted by molar-refractivity contribution is 5.99. The SMILES string of the molecule is Cc1cc(F)cc(C(=O)N2CC(C(=O)O)C(c3ccccc3)C2)c1[N+](=O)[O-]. The molecule has 1 N–H and O–H groups in total. The van der Waals surface area contributed by atoms with Crippen LogP contribution in [0.25, 0.3) is 0 Å². The van der Waals surface area contributed by atoms with E-state index in [4.69, 9.17) is 0 Å². The molecule has 2 unspecified atom stereocenters. The van der Waals surface area contributed by atoms with Crippen LogP contribution in [0.4, 0.5) is 10.1 Å². The van der Waals surface area contributed by atoms with Gasteiger partial charge in [-0.05, 0) is 24.6 Å². The topological polar surface area (TPSA) is 101 Å². The van der Waals surface area contributed by atoms with Crippen LogP contribution in [0.3, 0.4) is 0 Å². The maximum Gasteiger partial charge on any atom is 0.308 e. The van der Waals surface area contributed by atoms with Gasteiger partial charge in [0.05, 0.1) is 10.8 Å². The number of carboxylic acids is 1. The molecule has 7 nitrogen and oxygen atoms in total. The Hall–Kier alpha value is -3.29. The maximum atomic E-state index is 13.8. The molecule has 140 valence electrons. The normalized spacial score (nSPS) is 19.1. The van der Waals surface area contributed by atoms with E-state index in [1.807, 2.05) is 0 Å². The van der Waals surface area contributed by atoms with Gasteiger partial charge in [-0.2, -0.15) is 0 Å². The third-order valence-electron chi connectivity index (χ3n) is 4.83. The van der Waals surface area contributed by atoms with Crippen molar-refractivity contribution in [2.45, 2.75) is 12.8 Å². The van der Waals surface area contributed by atoms with Crippen molar-refractivity contribution in [2.24, 2.45) is 5.92 Å². The van der Waals surface area contributed by atoms with Crippen molar-refractivity contribution < 1.29 is 24.0 Å². The van der Waals surface area contributed by atoms with Crippen molar-refractivity contribution >= 4 is 17.6 Å². The van der Waals surface area contributed by atoms with Crippen molar-refractivity contribution in [3.63, 3.8) is 0 Å². The van der Waals surface area contributed by atoms with Crippen LogP contribution in [0.15, 0.2) is 42.5 Å². The molecule has 1 saturated heterocycles. The lowest BCUT2D eigenvalue weighted by Gasteiger charge is -2.17. The second-order valence-corrected chi connectivity index (χ2v) is 6.55. The maximum absolute atomic E-state index is 13.8. The Balaban J connectivity index is 1.97. The number of halogens is 1. The molecule has 2 aromatic rings. The lowest BCUT2D eigenvalue weighted by Crippen LogP contribution is -2.30. The van der Waals surface area contributed by atoms with Crippen molar-refractivity contribution in [3.05, 3.63) is 75.1 Å². The number of hydrogen-bond donors (Lipinski definition) is 1. The highest BCUT2D eigenvalue weighted by Crippen LogP contribution is 2.35. The van der Waals surface area contributed by atoms with Gasteiger partial charge in [-0.25, -0.2) is 4.39 Å². The number of aryl methyl sites for hydroxylation is 1. The summed E-state index contributed by atoms with van der Waals surface area (Å²) in [5, 5.41) is 20.9. The predicted octanol–water partition coefficient (Wildman–Crippen LogP) is 2.98. The second-order valence-electron chi connectivity index (χ2n) is 6.55. The van der Waals surface area contributed by atoms with E-state index in [1.54, 1.807) is 30.3 Å². The lowest BCUT2D eigenvalue weighted by atomic mass is 9.89. The summed E-state index contributed by atoms with van der Waals surface area (Å²) in [4.78, 5) is 36.4. The molecule has 27 heavy (non-hydrogen) atoms. The fourth-order valence-corrected chi connectivity index (χ4v) is 3.57. The van der Waals surface area contributed by atoms with Gasteiger partial charge in [0, 0.05) is 24.6 Å². The predicted molar refractivity (Wildman–Crippen MR) is 94.0 cm³/mol. The van der Waals surface area contributed by atoms with Crippen molar-refractivity contribution in [1.29, 1.82) is 0 Å². The highest BCUT2D eigenvalue weighted by Gasteiger charge is 2.42. The summed E-state index contributed by atoms with van der Waals surface area (Å²) in [6.07, 6.45) is 0. The molecule has 0 bridgehead atoms. The van der Waals surface area contributed by atoms with Crippen LogP contribution in [0.1, 0.15) is 27.4 Å². The Labute approximate surface area is 154 Å². The van der Waals surface area contributed by atoms with Gasteiger partial charge in [0.15, 0.2) is 0 Å². The molecule has 1 aliphatic rings. The zero-order valence-electron chi connectivity index (χ0n) is 14.5. The molecule has 1 aliphatic heterocycles. The van der Waals surface area contributed by atoms with Gasteiger partial charge < -0.3 is 10.0 Å². The summed E-state index contributed by atoms with van der Waals surface area (Å²) in [7, 11) is 0. The van der Waals surface area contributed by atoms with E-state index < -0.39 is 40.1 Å². The third-order valence-corrected chi connectivity index (χ3v) is 4.83. The van der Waals surface area contributed by atoms with E-state index in [0.717, 1.165) is 17.7 Å². The van der Waals surface area contributed by atoms with Gasteiger partial charge in [-0.1, -0.05) is 30.3 Å². The van der Waals surface area contributed by atoms with Crippen molar-refractivity contribution in [1.82, 2.24) is 4.90 Å². The molecule has 0 aromatic heterocycles. The third kappa shape index (κ3) is 3.51. The van der Waals surface area contributed by atoms with Crippen LogP contribution < -0.4 is 0 Å². The number of aliphatic carboxylic acids is 1. The molecule has 1 fully saturated rings. The van der Waals surface area contributed by atoms with E-state index in [-0.39, 0.29) is 24.2 Å². The number of likely N-dealkylation sites (tertiary alicyclic amines) is 1. The molecule has 3 rings (SSSR count). The monoisotopic (exact) mass is 372 g/mol. The molecule has 2 atom stereocenters. The average molecular weight is 372 g/mol. The Morgan fingerprint density at radius 3 is 2.48 bits per heavy atom. The molecule has 2 aromatic carbocycles. The zero-order valence-corrected chi connectivity index (χ0v) is 14.5. The molecule has 1 heterocycles. The van der Waals surface area contributed by atoms with Crippen molar-refractivity contribution in [2.75, 3.05) is 13.1 Å². The second kappa shape index (κ2) is 7.14. The smallest absolute Gasteiger partial charge is 0.308 e. The summed E-state index contributed by atoms with van der Waals surface area (Å²) in [5.74, 6) is -3.83. The molecule has 1 amide bonds. The summed E-state index contributed by atoms with van der Waals surface area (Å²) < 4.78 is 13.8. The minimum Gasteiger partial charge on any atom is -0.481 e. The summed E-state index contributed by atoms with van der Waals surface area (Å²) in [6.45, 7) is 1.35. The van der Waals surface area contributed by atoms with Gasteiger partial charge in [-0.15, -0.1) is 0 Å². The first-order valence-corrected chi connectivity index (χ1v) is 8.31.